The lowest BCUT2D eigenvalue weighted by Crippen LogP contribution is -2.22. The molecule has 82 valence electrons. The summed E-state index contributed by atoms with van der Waals surface area (Å²) in [5.74, 6) is 0. The van der Waals surface area contributed by atoms with Crippen molar-refractivity contribution in [1.82, 2.24) is 0 Å². The first-order valence-corrected chi connectivity index (χ1v) is 6.07. The molecule has 0 fully saturated rings. The van der Waals surface area contributed by atoms with Gasteiger partial charge >= 0.3 is 0 Å². The molecule has 0 unspecified atom stereocenters. The fourth-order valence-corrected chi connectivity index (χ4v) is 2.45. The van der Waals surface area contributed by atoms with Crippen LogP contribution in [0.4, 0.5) is 5.69 Å². The quantitative estimate of drug-likeness (QED) is 0.863. The van der Waals surface area contributed by atoms with Gasteiger partial charge in [-0.2, -0.15) is 0 Å². The zero-order valence-electron chi connectivity index (χ0n) is 8.96. The van der Waals surface area contributed by atoms with E-state index in [-0.39, 0.29) is 0 Å². The molecule has 0 radical (unpaired) electrons. The van der Waals surface area contributed by atoms with Gasteiger partial charge in [0.05, 0.1) is 0 Å². The van der Waals surface area contributed by atoms with E-state index in [2.05, 4.69) is 27.8 Å². The number of anilines is 1. The average Bonchev–Trinajstić information content (AvgIpc) is 2.17. The number of nitrogens with two attached hydrogens (primary N) is 1. The summed E-state index contributed by atoms with van der Waals surface area (Å²) in [4.78, 5) is 2.60. The molecule has 2 N–H and O–H groups in total. The maximum absolute atomic E-state index is 5.72. The lowest BCUT2D eigenvalue weighted by molar-refractivity contribution is 0.851. The second-order valence-corrected chi connectivity index (χ2v) is 4.71. The summed E-state index contributed by atoms with van der Waals surface area (Å²) < 4.78 is 0.954. The summed E-state index contributed by atoms with van der Waals surface area (Å²) >= 11 is 8.53. The topological polar surface area (TPSA) is 29.3 Å². The van der Waals surface area contributed by atoms with Crippen molar-refractivity contribution in [3.05, 3.63) is 28.2 Å². The first-order valence-electron chi connectivity index (χ1n) is 4.87. The van der Waals surface area contributed by atoms with Gasteiger partial charge in [0.1, 0.15) is 4.99 Å². The summed E-state index contributed by atoms with van der Waals surface area (Å²) in [7, 11) is 2.05. The van der Waals surface area contributed by atoms with E-state index in [4.69, 9.17) is 18.0 Å². The van der Waals surface area contributed by atoms with Gasteiger partial charge < -0.3 is 10.6 Å². The number of thiocarbonyl (C=S) groups is 1. The molecule has 2 nitrogen and oxygen atoms in total. The Morgan fingerprint density at radius 3 is 2.73 bits per heavy atom. The van der Waals surface area contributed by atoms with Gasteiger partial charge in [0.15, 0.2) is 0 Å². The van der Waals surface area contributed by atoms with E-state index in [0.29, 0.717) is 4.99 Å². The highest BCUT2D eigenvalue weighted by Gasteiger charge is 2.11. The van der Waals surface area contributed by atoms with Crippen molar-refractivity contribution in [2.75, 3.05) is 18.5 Å². The fraction of sp³-hybridized carbons (Fsp3) is 0.364. The molecule has 4 heteroatoms. The highest BCUT2D eigenvalue weighted by atomic mass is 79.9. The van der Waals surface area contributed by atoms with Gasteiger partial charge in [-0.15, -0.1) is 0 Å². The SMILES string of the molecule is CCCN(C)c1cccc(Br)c1C(N)=S. The molecule has 15 heavy (non-hydrogen) atoms. The van der Waals surface area contributed by atoms with Crippen LogP contribution in [0.15, 0.2) is 22.7 Å². The van der Waals surface area contributed by atoms with Crippen molar-refractivity contribution in [2.45, 2.75) is 13.3 Å². The van der Waals surface area contributed by atoms with Gasteiger partial charge in [0, 0.05) is 29.3 Å². The van der Waals surface area contributed by atoms with Crippen molar-refractivity contribution in [3.63, 3.8) is 0 Å². The number of nitrogens with zero attached hydrogens (tertiary/aromatic N) is 1. The third-order valence-corrected chi connectivity index (χ3v) is 3.07. The van der Waals surface area contributed by atoms with Crippen LogP contribution in [0, 0.1) is 0 Å². The molecule has 0 atom stereocenters. The van der Waals surface area contributed by atoms with E-state index in [1.54, 1.807) is 0 Å². The van der Waals surface area contributed by atoms with E-state index in [0.717, 1.165) is 28.7 Å². The van der Waals surface area contributed by atoms with Crippen LogP contribution in [0.3, 0.4) is 0 Å². The molecule has 0 aliphatic heterocycles. The molecule has 1 aromatic carbocycles. The van der Waals surface area contributed by atoms with Gasteiger partial charge in [0.2, 0.25) is 0 Å². The number of rotatable bonds is 4. The first kappa shape index (κ1) is 12.5. The van der Waals surface area contributed by atoms with Gasteiger partial charge in [-0.3, -0.25) is 0 Å². The smallest absolute Gasteiger partial charge is 0.107 e. The molecule has 0 aliphatic carbocycles. The van der Waals surface area contributed by atoms with Crippen molar-refractivity contribution < 1.29 is 0 Å². The van der Waals surface area contributed by atoms with Gasteiger partial charge in [-0.05, 0) is 34.5 Å². The van der Waals surface area contributed by atoms with Crippen LogP contribution in [0.25, 0.3) is 0 Å². The molecule has 0 amide bonds. The van der Waals surface area contributed by atoms with Crippen LogP contribution in [-0.2, 0) is 0 Å². The Morgan fingerprint density at radius 2 is 2.20 bits per heavy atom. The van der Waals surface area contributed by atoms with Crippen LogP contribution >= 0.6 is 28.1 Å². The summed E-state index contributed by atoms with van der Waals surface area (Å²) in [6.07, 6.45) is 1.10. The molecule has 1 aromatic rings. The number of hydrogen-bond acceptors (Lipinski definition) is 2. The van der Waals surface area contributed by atoms with Gasteiger partial charge in [0.25, 0.3) is 0 Å². The Kier molecular flexibility index (Phi) is 4.54. The fourth-order valence-electron chi connectivity index (χ4n) is 1.53. The number of hydrogen-bond donors (Lipinski definition) is 1. The monoisotopic (exact) mass is 286 g/mol. The van der Waals surface area contributed by atoms with Crippen LogP contribution in [0.5, 0.6) is 0 Å². The molecule has 0 spiro atoms. The zero-order valence-corrected chi connectivity index (χ0v) is 11.4. The van der Waals surface area contributed by atoms with E-state index >= 15 is 0 Å². The third kappa shape index (κ3) is 2.92. The van der Waals surface area contributed by atoms with Crippen molar-refractivity contribution in [2.24, 2.45) is 5.73 Å². The Balaban J connectivity index is 3.16. The van der Waals surface area contributed by atoms with E-state index < -0.39 is 0 Å². The number of benzene rings is 1. The minimum absolute atomic E-state index is 0.431. The predicted octanol–water partition coefficient (Wildman–Crippen LogP) is 2.93. The van der Waals surface area contributed by atoms with Gasteiger partial charge in [-0.1, -0.05) is 25.2 Å². The van der Waals surface area contributed by atoms with Crippen molar-refractivity contribution >= 4 is 38.8 Å². The standard InChI is InChI=1S/C11H15BrN2S/c1-3-7-14(2)9-6-4-5-8(12)10(9)11(13)15/h4-6H,3,7H2,1-2H3,(H2,13,15). The highest BCUT2D eigenvalue weighted by Crippen LogP contribution is 2.27. The maximum atomic E-state index is 5.72. The number of halogens is 1. The second-order valence-electron chi connectivity index (χ2n) is 3.42. The first-order chi connectivity index (χ1) is 7.07. The zero-order chi connectivity index (χ0) is 11.4. The molecule has 0 aromatic heterocycles. The Bertz CT molecular complexity index is 366. The van der Waals surface area contributed by atoms with Crippen molar-refractivity contribution in [3.8, 4) is 0 Å². The molecule has 0 saturated heterocycles. The lowest BCUT2D eigenvalue weighted by Gasteiger charge is -2.22. The van der Waals surface area contributed by atoms with E-state index in [1.807, 2.05) is 25.2 Å². The largest absolute Gasteiger partial charge is 0.389 e. The minimum atomic E-state index is 0.431. The highest BCUT2D eigenvalue weighted by molar-refractivity contribution is 9.10. The molecule has 0 heterocycles. The summed E-state index contributed by atoms with van der Waals surface area (Å²) in [5.41, 5.74) is 7.73. The van der Waals surface area contributed by atoms with Crippen LogP contribution < -0.4 is 10.6 Å². The van der Waals surface area contributed by atoms with E-state index in [9.17, 15) is 0 Å². The normalized spacial score (nSPS) is 10.1. The third-order valence-electron chi connectivity index (χ3n) is 2.21. The molecule has 1 rings (SSSR count). The molecule has 0 saturated carbocycles. The minimum Gasteiger partial charge on any atom is -0.389 e. The Labute approximate surface area is 105 Å². The van der Waals surface area contributed by atoms with Crippen molar-refractivity contribution in [1.29, 1.82) is 0 Å². The summed E-state index contributed by atoms with van der Waals surface area (Å²) in [6, 6.07) is 5.99. The Morgan fingerprint density at radius 1 is 1.53 bits per heavy atom. The van der Waals surface area contributed by atoms with Crippen LogP contribution in [-0.4, -0.2) is 18.6 Å². The molecular weight excluding hydrogens is 272 g/mol. The lowest BCUT2D eigenvalue weighted by atomic mass is 10.1. The molecule has 0 bridgehead atoms. The van der Waals surface area contributed by atoms with Crippen LogP contribution in [0.1, 0.15) is 18.9 Å². The van der Waals surface area contributed by atoms with E-state index in [1.165, 1.54) is 0 Å². The average molecular weight is 287 g/mol. The molecular formula is C11H15BrN2S. The molecule has 0 aliphatic rings. The summed E-state index contributed by atoms with van der Waals surface area (Å²) in [6.45, 7) is 3.14. The van der Waals surface area contributed by atoms with Crippen LogP contribution in [0.2, 0.25) is 0 Å². The maximum Gasteiger partial charge on any atom is 0.107 e. The second kappa shape index (κ2) is 5.47. The summed E-state index contributed by atoms with van der Waals surface area (Å²) in [5, 5.41) is 0. The Hall–Kier alpha value is -0.610. The van der Waals surface area contributed by atoms with Gasteiger partial charge in [-0.25, -0.2) is 0 Å². The predicted molar refractivity (Wildman–Crippen MR) is 73.6 cm³/mol.